The van der Waals surface area contributed by atoms with Gasteiger partial charge in [0.1, 0.15) is 5.75 Å². The van der Waals surface area contributed by atoms with Crippen molar-refractivity contribution in [2.45, 2.75) is 51.7 Å². The molecule has 0 saturated heterocycles. The zero-order valence-electron chi connectivity index (χ0n) is 14.7. The molecule has 0 unspecified atom stereocenters. The van der Waals surface area contributed by atoms with Crippen LogP contribution in [0.5, 0.6) is 5.75 Å². The van der Waals surface area contributed by atoms with Gasteiger partial charge in [-0.05, 0) is 17.0 Å². The molecule has 0 spiro atoms. The highest BCUT2D eigenvalue weighted by atomic mass is 32.2. The third kappa shape index (κ3) is 7.21. The smallest absolute Gasteiger partial charge is 0.257 e. The van der Waals surface area contributed by atoms with E-state index in [1.54, 1.807) is 0 Å². The first-order valence-corrected chi connectivity index (χ1v) is 8.71. The minimum Gasteiger partial charge on any atom is -0.483 e. The molecule has 1 rings (SSSR count). The molecule has 0 aromatic heterocycles. The lowest BCUT2D eigenvalue weighted by atomic mass is 9.86. The molecule has 1 N–H and O–H groups in total. The van der Waals surface area contributed by atoms with Crippen molar-refractivity contribution in [3.05, 3.63) is 29.8 Å². The van der Waals surface area contributed by atoms with Crippen LogP contribution >= 0.6 is 11.8 Å². The number of rotatable bonds is 6. The molecule has 0 aliphatic rings. The van der Waals surface area contributed by atoms with Crippen LogP contribution in [0.4, 0.5) is 0 Å². The normalized spacial score (nSPS) is 12.1. The SMILES string of the molecule is CC(C)(C)SCCNC(=O)COc1ccccc1C(C)(C)C. The zero-order valence-corrected chi connectivity index (χ0v) is 15.5. The van der Waals surface area contributed by atoms with E-state index >= 15 is 0 Å². The zero-order chi connectivity index (χ0) is 16.8. The second-order valence-corrected chi connectivity index (χ2v) is 9.27. The molecule has 0 saturated carbocycles. The highest BCUT2D eigenvalue weighted by Crippen LogP contribution is 2.30. The standard InChI is InChI=1S/C18H29NO2S/c1-17(2,3)14-9-7-8-10-15(14)21-13-16(20)19-11-12-22-18(4,5)6/h7-10H,11-13H2,1-6H3,(H,19,20). The molecule has 1 aromatic carbocycles. The van der Waals surface area contributed by atoms with E-state index in [9.17, 15) is 4.79 Å². The maximum atomic E-state index is 11.9. The van der Waals surface area contributed by atoms with Crippen LogP contribution < -0.4 is 10.1 Å². The lowest BCUT2D eigenvalue weighted by molar-refractivity contribution is -0.122. The summed E-state index contributed by atoms with van der Waals surface area (Å²) in [5.41, 5.74) is 1.11. The number of hydrogen-bond acceptors (Lipinski definition) is 3. The van der Waals surface area contributed by atoms with Crippen LogP contribution in [0.2, 0.25) is 0 Å². The Morgan fingerprint density at radius 1 is 1.14 bits per heavy atom. The number of para-hydroxylation sites is 1. The second kappa shape index (κ2) is 7.91. The van der Waals surface area contributed by atoms with Gasteiger partial charge in [-0.15, -0.1) is 0 Å². The van der Waals surface area contributed by atoms with Gasteiger partial charge < -0.3 is 10.1 Å². The van der Waals surface area contributed by atoms with Crippen LogP contribution in [0, 0.1) is 0 Å². The van der Waals surface area contributed by atoms with Crippen LogP contribution in [-0.4, -0.2) is 29.6 Å². The minimum atomic E-state index is -0.0711. The van der Waals surface area contributed by atoms with Crippen molar-refractivity contribution in [1.29, 1.82) is 0 Å². The van der Waals surface area contributed by atoms with E-state index in [4.69, 9.17) is 4.74 Å². The highest BCUT2D eigenvalue weighted by molar-refractivity contribution is 8.00. The molecule has 0 atom stereocenters. The number of carbonyl (C=O) groups excluding carboxylic acids is 1. The van der Waals surface area contributed by atoms with Crippen molar-refractivity contribution in [3.63, 3.8) is 0 Å². The van der Waals surface area contributed by atoms with Crippen LogP contribution in [0.25, 0.3) is 0 Å². The van der Waals surface area contributed by atoms with Crippen LogP contribution in [0.15, 0.2) is 24.3 Å². The summed E-state index contributed by atoms with van der Waals surface area (Å²) in [5.74, 6) is 1.63. The van der Waals surface area contributed by atoms with Crippen LogP contribution in [0.1, 0.15) is 47.1 Å². The van der Waals surface area contributed by atoms with Crippen molar-refractivity contribution in [1.82, 2.24) is 5.32 Å². The van der Waals surface area contributed by atoms with E-state index in [0.717, 1.165) is 17.1 Å². The number of benzene rings is 1. The number of carbonyl (C=O) groups is 1. The van der Waals surface area contributed by atoms with Crippen LogP contribution in [-0.2, 0) is 10.2 Å². The molecule has 1 amide bonds. The summed E-state index contributed by atoms with van der Waals surface area (Å²) in [6, 6.07) is 7.90. The Kier molecular flexibility index (Phi) is 6.79. The van der Waals surface area contributed by atoms with Gasteiger partial charge in [0.05, 0.1) is 0 Å². The first kappa shape index (κ1) is 18.9. The Labute approximate surface area is 139 Å². The summed E-state index contributed by atoms with van der Waals surface area (Å²) >= 11 is 1.84. The van der Waals surface area contributed by atoms with E-state index < -0.39 is 0 Å². The van der Waals surface area contributed by atoms with Gasteiger partial charge >= 0.3 is 0 Å². The van der Waals surface area contributed by atoms with E-state index in [0.29, 0.717) is 6.54 Å². The van der Waals surface area contributed by atoms with E-state index in [-0.39, 0.29) is 22.7 Å². The van der Waals surface area contributed by atoms with Gasteiger partial charge in [0.2, 0.25) is 0 Å². The number of ether oxygens (including phenoxy) is 1. The van der Waals surface area contributed by atoms with E-state index in [2.05, 4.69) is 46.9 Å². The van der Waals surface area contributed by atoms with Gasteiger partial charge in [-0.2, -0.15) is 11.8 Å². The van der Waals surface area contributed by atoms with Crippen LogP contribution in [0.3, 0.4) is 0 Å². The third-order valence-electron chi connectivity index (χ3n) is 3.01. The summed E-state index contributed by atoms with van der Waals surface area (Å²) in [5, 5.41) is 2.90. The van der Waals surface area contributed by atoms with Crippen molar-refractivity contribution in [2.75, 3.05) is 18.9 Å². The van der Waals surface area contributed by atoms with E-state index in [1.165, 1.54) is 0 Å². The molecule has 0 bridgehead atoms. The summed E-state index contributed by atoms with van der Waals surface area (Å²) in [4.78, 5) is 11.9. The second-order valence-electron chi connectivity index (χ2n) is 7.35. The maximum Gasteiger partial charge on any atom is 0.257 e. The fourth-order valence-corrected chi connectivity index (χ4v) is 2.77. The van der Waals surface area contributed by atoms with Gasteiger partial charge in [-0.1, -0.05) is 59.7 Å². The molecule has 3 nitrogen and oxygen atoms in total. The van der Waals surface area contributed by atoms with Gasteiger partial charge in [-0.3, -0.25) is 4.79 Å². The fraction of sp³-hybridized carbons (Fsp3) is 0.611. The first-order chi connectivity index (χ1) is 10.1. The summed E-state index contributed by atoms with van der Waals surface area (Å²) in [6.07, 6.45) is 0. The summed E-state index contributed by atoms with van der Waals surface area (Å²) < 4.78 is 5.93. The quantitative estimate of drug-likeness (QED) is 0.804. The summed E-state index contributed by atoms with van der Waals surface area (Å²) in [6.45, 7) is 13.7. The van der Waals surface area contributed by atoms with Crippen molar-refractivity contribution >= 4 is 17.7 Å². The molecular weight excluding hydrogens is 294 g/mol. The van der Waals surface area contributed by atoms with Gasteiger partial charge in [-0.25, -0.2) is 0 Å². The average Bonchev–Trinajstić information content (AvgIpc) is 2.39. The molecule has 0 fully saturated rings. The molecule has 0 aliphatic heterocycles. The molecule has 124 valence electrons. The number of nitrogens with one attached hydrogen (secondary N) is 1. The third-order valence-corrected chi connectivity index (χ3v) is 4.29. The van der Waals surface area contributed by atoms with Crippen molar-refractivity contribution < 1.29 is 9.53 Å². The molecule has 4 heteroatoms. The molecule has 0 aliphatic carbocycles. The monoisotopic (exact) mass is 323 g/mol. The van der Waals surface area contributed by atoms with Gasteiger partial charge in [0.15, 0.2) is 6.61 Å². The molecule has 0 radical (unpaired) electrons. The van der Waals surface area contributed by atoms with E-state index in [1.807, 2.05) is 36.0 Å². The summed E-state index contributed by atoms with van der Waals surface area (Å²) in [7, 11) is 0. The number of hydrogen-bond donors (Lipinski definition) is 1. The maximum absolute atomic E-state index is 11.9. The predicted molar refractivity (Wildman–Crippen MR) is 95.9 cm³/mol. The largest absolute Gasteiger partial charge is 0.483 e. The highest BCUT2D eigenvalue weighted by Gasteiger charge is 2.18. The minimum absolute atomic E-state index is 0.00355. The predicted octanol–water partition coefficient (Wildman–Crippen LogP) is 4.01. The Balaban J connectivity index is 2.42. The van der Waals surface area contributed by atoms with Crippen molar-refractivity contribution in [3.8, 4) is 5.75 Å². The Hall–Kier alpha value is -1.16. The topological polar surface area (TPSA) is 38.3 Å². The Bertz CT molecular complexity index is 487. The lowest BCUT2D eigenvalue weighted by Gasteiger charge is -2.22. The lowest BCUT2D eigenvalue weighted by Crippen LogP contribution is -2.31. The molecule has 22 heavy (non-hydrogen) atoms. The molecule has 1 aromatic rings. The van der Waals surface area contributed by atoms with Crippen molar-refractivity contribution in [2.24, 2.45) is 0 Å². The first-order valence-electron chi connectivity index (χ1n) is 7.72. The number of amides is 1. The Morgan fingerprint density at radius 3 is 2.36 bits per heavy atom. The van der Waals surface area contributed by atoms with Gasteiger partial charge in [0.25, 0.3) is 5.91 Å². The Morgan fingerprint density at radius 2 is 1.77 bits per heavy atom. The molecular formula is C18H29NO2S. The fourth-order valence-electron chi connectivity index (χ4n) is 1.95. The van der Waals surface area contributed by atoms with Gasteiger partial charge in [0, 0.05) is 17.0 Å². The average molecular weight is 324 g/mol. The molecule has 0 heterocycles. The number of thioether (sulfide) groups is 1.